The van der Waals surface area contributed by atoms with Gasteiger partial charge in [0.2, 0.25) is 0 Å². The average Bonchev–Trinajstić information content (AvgIpc) is 2.49. The molecule has 124 valence electrons. The van der Waals surface area contributed by atoms with E-state index in [1.54, 1.807) is 0 Å². The second-order valence-electron chi connectivity index (χ2n) is 5.90. The van der Waals surface area contributed by atoms with E-state index < -0.39 is 0 Å². The minimum Gasteiger partial charge on any atom is -0.469 e. The molecule has 0 atom stereocenters. The maximum Gasteiger partial charge on any atom is 0.305 e. The van der Waals surface area contributed by atoms with Crippen LogP contribution < -0.4 is 0 Å². The summed E-state index contributed by atoms with van der Waals surface area (Å²) >= 11 is 0. The van der Waals surface area contributed by atoms with Crippen LogP contribution in [-0.4, -0.2) is 18.9 Å². The summed E-state index contributed by atoms with van der Waals surface area (Å²) in [6.45, 7) is 2.25. The number of Topliss-reactive ketones (excluding diaryl/α,β-unsaturated/α-hetero) is 1. The fourth-order valence-corrected chi connectivity index (χ4v) is 2.47. The third-order valence-electron chi connectivity index (χ3n) is 3.87. The highest BCUT2D eigenvalue weighted by Crippen LogP contribution is 2.12. The van der Waals surface area contributed by atoms with E-state index in [0.717, 1.165) is 12.8 Å². The molecule has 0 saturated heterocycles. The van der Waals surface area contributed by atoms with Crippen molar-refractivity contribution in [3.63, 3.8) is 0 Å². The summed E-state index contributed by atoms with van der Waals surface area (Å²) in [6, 6.07) is 0. The van der Waals surface area contributed by atoms with Crippen LogP contribution >= 0.6 is 0 Å². The quantitative estimate of drug-likeness (QED) is 0.308. The minimum absolute atomic E-state index is 0.221. The van der Waals surface area contributed by atoms with Gasteiger partial charge < -0.3 is 4.74 Å². The third-order valence-corrected chi connectivity index (χ3v) is 3.87. The second-order valence-corrected chi connectivity index (χ2v) is 5.90. The number of methoxy groups -OCH3 is 1. The number of unbranched alkanes of at least 4 members (excludes halogenated alkanes) is 9. The smallest absolute Gasteiger partial charge is 0.305 e. The zero-order valence-corrected chi connectivity index (χ0v) is 14.1. The van der Waals surface area contributed by atoms with Crippen molar-refractivity contribution < 1.29 is 14.3 Å². The van der Waals surface area contributed by atoms with Gasteiger partial charge in [-0.25, -0.2) is 0 Å². The van der Waals surface area contributed by atoms with Gasteiger partial charge >= 0.3 is 5.97 Å². The Morgan fingerprint density at radius 1 is 0.667 bits per heavy atom. The first-order valence-electron chi connectivity index (χ1n) is 8.79. The lowest BCUT2D eigenvalue weighted by Gasteiger charge is -2.03. The standard InChI is InChI=1S/C18H34O3/c1-3-4-5-6-7-8-9-10-11-12-14-17(19)15-13-16-18(20)21-2/h3-16H2,1-2H3. The van der Waals surface area contributed by atoms with E-state index in [4.69, 9.17) is 0 Å². The predicted octanol–water partition coefficient (Wildman–Crippen LogP) is 5.21. The average molecular weight is 298 g/mol. The fraction of sp³-hybridized carbons (Fsp3) is 0.889. The Balaban J connectivity index is 3.20. The highest BCUT2D eigenvalue weighted by Gasteiger charge is 2.05. The maximum atomic E-state index is 11.6. The Labute approximate surface area is 130 Å². The Morgan fingerprint density at radius 3 is 1.67 bits per heavy atom. The van der Waals surface area contributed by atoms with Gasteiger partial charge in [0.25, 0.3) is 0 Å². The number of carbonyl (C=O) groups excluding carboxylic acids is 2. The molecule has 0 radical (unpaired) electrons. The molecule has 0 amide bonds. The number of carbonyl (C=O) groups is 2. The first-order chi connectivity index (χ1) is 10.2. The van der Waals surface area contributed by atoms with Gasteiger partial charge in [-0.2, -0.15) is 0 Å². The molecule has 0 aliphatic carbocycles. The van der Waals surface area contributed by atoms with Gasteiger partial charge in [-0.3, -0.25) is 9.59 Å². The van der Waals surface area contributed by atoms with Crippen LogP contribution in [0.15, 0.2) is 0 Å². The number of esters is 1. The molecule has 21 heavy (non-hydrogen) atoms. The summed E-state index contributed by atoms with van der Waals surface area (Å²) in [6.07, 6.45) is 15.1. The molecule has 0 aromatic carbocycles. The summed E-state index contributed by atoms with van der Waals surface area (Å²) in [5.74, 6) is 0.0696. The van der Waals surface area contributed by atoms with Crippen LogP contribution in [0, 0.1) is 0 Å². The van der Waals surface area contributed by atoms with Crippen LogP contribution in [0.4, 0.5) is 0 Å². The van der Waals surface area contributed by atoms with Gasteiger partial charge in [-0.1, -0.05) is 64.7 Å². The van der Waals surface area contributed by atoms with Gasteiger partial charge in [-0.05, 0) is 12.8 Å². The highest BCUT2D eigenvalue weighted by molar-refractivity contribution is 5.79. The molecule has 3 nitrogen and oxygen atoms in total. The largest absolute Gasteiger partial charge is 0.469 e. The topological polar surface area (TPSA) is 43.4 Å². The first kappa shape index (κ1) is 20.1. The zero-order chi connectivity index (χ0) is 15.8. The van der Waals surface area contributed by atoms with Crippen molar-refractivity contribution in [2.75, 3.05) is 7.11 Å². The monoisotopic (exact) mass is 298 g/mol. The molecule has 0 bridgehead atoms. The van der Waals surface area contributed by atoms with Crippen molar-refractivity contribution in [3.8, 4) is 0 Å². The molecule has 0 heterocycles. The van der Waals surface area contributed by atoms with Crippen LogP contribution in [0.5, 0.6) is 0 Å². The van der Waals surface area contributed by atoms with Crippen molar-refractivity contribution in [1.82, 2.24) is 0 Å². The van der Waals surface area contributed by atoms with Crippen LogP contribution in [0.1, 0.15) is 96.8 Å². The molecule has 0 spiro atoms. The molecule has 0 rings (SSSR count). The highest BCUT2D eigenvalue weighted by atomic mass is 16.5. The molecule has 0 N–H and O–H groups in total. The van der Waals surface area contributed by atoms with E-state index in [2.05, 4.69) is 11.7 Å². The van der Waals surface area contributed by atoms with E-state index in [1.807, 2.05) is 0 Å². The normalized spacial score (nSPS) is 10.6. The van der Waals surface area contributed by atoms with E-state index in [1.165, 1.54) is 58.5 Å². The Hall–Kier alpha value is -0.860. The van der Waals surface area contributed by atoms with Crippen molar-refractivity contribution >= 4 is 11.8 Å². The van der Waals surface area contributed by atoms with Gasteiger partial charge in [0.15, 0.2) is 0 Å². The molecule has 0 aromatic rings. The van der Waals surface area contributed by atoms with E-state index in [9.17, 15) is 9.59 Å². The maximum absolute atomic E-state index is 11.6. The van der Waals surface area contributed by atoms with Crippen molar-refractivity contribution in [2.45, 2.75) is 96.8 Å². The molecule has 0 fully saturated rings. The molecule has 3 heteroatoms. The lowest BCUT2D eigenvalue weighted by molar-refractivity contribution is -0.140. The fourth-order valence-electron chi connectivity index (χ4n) is 2.47. The molecule has 0 aliphatic heterocycles. The van der Waals surface area contributed by atoms with Crippen molar-refractivity contribution in [3.05, 3.63) is 0 Å². The van der Waals surface area contributed by atoms with Crippen LogP contribution in [0.25, 0.3) is 0 Å². The lowest BCUT2D eigenvalue weighted by Crippen LogP contribution is -2.03. The van der Waals surface area contributed by atoms with E-state index in [-0.39, 0.29) is 5.97 Å². The second kappa shape index (κ2) is 15.5. The minimum atomic E-state index is -0.221. The molecule has 0 saturated carbocycles. The van der Waals surface area contributed by atoms with Gasteiger partial charge in [0, 0.05) is 19.3 Å². The van der Waals surface area contributed by atoms with Crippen molar-refractivity contribution in [1.29, 1.82) is 0 Å². The van der Waals surface area contributed by atoms with Gasteiger partial charge in [0.1, 0.15) is 5.78 Å². The molecule has 0 aliphatic rings. The summed E-state index contributed by atoms with van der Waals surface area (Å²) in [7, 11) is 1.38. The van der Waals surface area contributed by atoms with Gasteiger partial charge in [-0.15, -0.1) is 0 Å². The lowest BCUT2D eigenvalue weighted by atomic mass is 10.0. The first-order valence-corrected chi connectivity index (χ1v) is 8.79. The summed E-state index contributed by atoms with van der Waals surface area (Å²) in [4.78, 5) is 22.5. The number of hydrogen-bond donors (Lipinski definition) is 0. The van der Waals surface area contributed by atoms with Crippen LogP contribution in [0.3, 0.4) is 0 Å². The van der Waals surface area contributed by atoms with Crippen LogP contribution in [-0.2, 0) is 14.3 Å². The number of ketones is 1. The summed E-state index contributed by atoms with van der Waals surface area (Å²) in [5, 5.41) is 0. The van der Waals surface area contributed by atoms with Gasteiger partial charge in [0.05, 0.1) is 7.11 Å². The third kappa shape index (κ3) is 15.3. The summed E-state index contributed by atoms with van der Waals surface area (Å²) < 4.78 is 4.55. The number of ether oxygens (including phenoxy) is 1. The number of rotatable bonds is 15. The van der Waals surface area contributed by atoms with Crippen LogP contribution in [0.2, 0.25) is 0 Å². The Morgan fingerprint density at radius 2 is 1.14 bits per heavy atom. The molecule has 0 aromatic heterocycles. The van der Waals surface area contributed by atoms with Crippen molar-refractivity contribution in [2.24, 2.45) is 0 Å². The van der Waals surface area contributed by atoms with E-state index in [0.29, 0.717) is 31.5 Å². The predicted molar refractivity (Wildman–Crippen MR) is 87.3 cm³/mol. The molecular weight excluding hydrogens is 264 g/mol. The number of hydrogen-bond acceptors (Lipinski definition) is 3. The molecular formula is C18H34O3. The van der Waals surface area contributed by atoms with E-state index >= 15 is 0 Å². The molecule has 0 unspecified atom stereocenters. The Bertz CT molecular complexity index is 261. The SMILES string of the molecule is CCCCCCCCCCCCC(=O)CCCC(=O)OC. The Kier molecular flexibility index (Phi) is 14.9. The summed E-state index contributed by atoms with van der Waals surface area (Å²) in [5.41, 5.74) is 0. The zero-order valence-electron chi connectivity index (χ0n) is 14.1.